The smallest absolute Gasteiger partial charge is 0.269 e. The van der Waals surface area contributed by atoms with Gasteiger partial charge in [-0.3, -0.25) is 8.99 Å². The molecule has 0 spiro atoms. The molecule has 6 nitrogen and oxygen atoms in total. The lowest BCUT2D eigenvalue weighted by molar-refractivity contribution is 0.502. The van der Waals surface area contributed by atoms with Crippen molar-refractivity contribution in [1.29, 1.82) is 0 Å². The van der Waals surface area contributed by atoms with E-state index in [-0.39, 0.29) is 22.9 Å². The van der Waals surface area contributed by atoms with Crippen molar-refractivity contribution in [3.05, 3.63) is 47.3 Å². The maximum atomic E-state index is 13.0. The van der Waals surface area contributed by atoms with E-state index in [1.165, 1.54) is 10.9 Å². The van der Waals surface area contributed by atoms with Gasteiger partial charge in [-0.1, -0.05) is 30.2 Å². The van der Waals surface area contributed by atoms with E-state index in [1.807, 2.05) is 0 Å². The van der Waals surface area contributed by atoms with E-state index in [4.69, 9.17) is 6.42 Å². The zero-order valence-electron chi connectivity index (χ0n) is 12.7. The number of rotatable bonds is 2. The molecule has 2 aromatic rings. The van der Waals surface area contributed by atoms with Crippen LogP contribution < -0.4 is 4.31 Å². The normalized spacial score (nSPS) is 16.1. The highest BCUT2D eigenvalue weighted by Gasteiger charge is 2.40. The second-order valence-electron chi connectivity index (χ2n) is 5.21. The molecule has 3 rings (SSSR count). The summed E-state index contributed by atoms with van der Waals surface area (Å²) >= 11 is 0. The highest BCUT2D eigenvalue weighted by atomic mass is 32.2. The van der Waals surface area contributed by atoms with E-state index in [2.05, 4.69) is 11.0 Å². The lowest BCUT2D eigenvalue weighted by Gasteiger charge is -2.29. The monoisotopic (exact) mass is 329 g/mol. The zero-order valence-corrected chi connectivity index (χ0v) is 13.5. The molecule has 0 bridgehead atoms. The van der Waals surface area contributed by atoms with Crippen LogP contribution in [0.1, 0.15) is 16.8 Å². The van der Waals surface area contributed by atoms with Gasteiger partial charge in [-0.15, -0.1) is 6.42 Å². The molecular weight excluding hydrogens is 314 g/mol. The minimum absolute atomic E-state index is 0.135. The number of aliphatic hydroxyl groups excluding tert-OH is 1. The fourth-order valence-corrected chi connectivity index (χ4v) is 4.41. The molecule has 1 aromatic heterocycles. The maximum absolute atomic E-state index is 13.0. The summed E-state index contributed by atoms with van der Waals surface area (Å²) in [4.78, 5) is -0.151. The van der Waals surface area contributed by atoms with Crippen LogP contribution >= 0.6 is 0 Å². The second kappa shape index (κ2) is 5.18. The third kappa shape index (κ3) is 2.11. The maximum Gasteiger partial charge on any atom is 0.269 e. The van der Waals surface area contributed by atoms with Crippen LogP contribution in [-0.4, -0.2) is 29.8 Å². The summed E-state index contributed by atoms with van der Waals surface area (Å²) in [5.74, 6) is 2.03. The molecule has 0 unspecified atom stereocenters. The van der Waals surface area contributed by atoms with Gasteiger partial charge in [-0.2, -0.15) is 5.10 Å². The summed E-state index contributed by atoms with van der Waals surface area (Å²) in [6.45, 7) is 1.65. The first-order chi connectivity index (χ1) is 10.9. The Hall–Kier alpha value is -2.72. The minimum Gasteiger partial charge on any atom is -0.504 e. The van der Waals surface area contributed by atoms with E-state index in [1.54, 1.807) is 38.2 Å². The second-order valence-corrected chi connectivity index (χ2v) is 7.01. The lowest BCUT2D eigenvalue weighted by atomic mass is 10.1. The highest BCUT2D eigenvalue weighted by Crippen LogP contribution is 2.42. The molecule has 118 valence electrons. The summed E-state index contributed by atoms with van der Waals surface area (Å²) in [6.07, 6.45) is 6.72. The molecule has 23 heavy (non-hydrogen) atoms. The Morgan fingerprint density at radius 1 is 1.35 bits per heavy atom. The first-order valence-electron chi connectivity index (χ1n) is 6.87. The van der Waals surface area contributed by atoms with E-state index >= 15 is 0 Å². The predicted molar refractivity (Wildman–Crippen MR) is 88.9 cm³/mol. The van der Waals surface area contributed by atoms with Gasteiger partial charge < -0.3 is 5.11 Å². The fraction of sp³-hybridized carbons (Fsp3) is 0.188. The van der Waals surface area contributed by atoms with Crippen molar-refractivity contribution in [2.24, 2.45) is 7.05 Å². The Labute approximate surface area is 134 Å². The van der Waals surface area contributed by atoms with E-state index in [0.29, 0.717) is 11.3 Å². The van der Waals surface area contributed by atoms with Crippen LogP contribution in [0.4, 0.5) is 5.69 Å². The summed E-state index contributed by atoms with van der Waals surface area (Å²) in [7, 11) is -2.35. The largest absolute Gasteiger partial charge is 0.504 e. The van der Waals surface area contributed by atoms with Crippen LogP contribution in [-0.2, 0) is 17.1 Å². The van der Waals surface area contributed by atoms with Gasteiger partial charge in [-0.05, 0) is 12.5 Å². The van der Waals surface area contributed by atoms with Crippen molar-refractivity contribution in [2.75, 3.05) is 10.8 Å². The molecule has 0 saturated heterocycles. The summed E-state index contributed by atoms with van der Waals surface area (Å²) in [5, 5.41) is 14.7. The lowest BCUT2D eigenvalue weighted by Crippen LogP contribution is -2.35. The molecule has 0 atom stereocenters. The van der Waals surface area contributed by atoms with Gasteiger partial charge in [0.25, 0.3) is 10.0 Å². The summed E-state index contributed by atoms with van der Waals surface area (Å²) in [6, 6.07) is 6.98. The number of anilines is 1. The molecular formula is C16H15N3O3S. The first kappa shape index (κ1) is 15.2. The van der Waals surface area contributed by atoms with Crippen LogP contribution in [0.25, 0.3) is 10.7 Å². The van der Waals surface area contributed by atoms with Crippen molar-refractivity contribution in [3.63, 3.8) is 0 Å². The number of benzene rings is 1. The van der Waals surface area contributed by atoms with Crippen LogP contribution in [0.3, 0.4) is 0 Å². The third-order valence-corrected chi connectivity index (χ3v) is 5.64. The van der Waals surface area contributed by atoms with Gasteiger partial charge in [0.2, 0.25) is 0 Å². The van der Waals surface area contributed by atoms with Crippen LogP contribution in [0.5, 0.6) is 0 Å². The molecule has 1 aromatic carbocycles. The Kier molecular flexibility index (Phi) is 3.42. The van der Waals surface area contributed by atoms with Gasteiger partial charge in [-0.25, -0.2) is 8.42 Å². The number of fused-ring (bicyclic) bond motifs is 1. The van der Waals surface area contributed by atoms with E-state index < -0.39 is 10.0 Å². The molecule has 0 amide bonds. The Balaban J connectivity index is 2.40. The Morgan fingerprint density at radius 3 is 2.70 bits per heavy atom. The Morgan fingerprint density at radius 2 is 2.04 bits per heavy atom. The minimum atomic E-state index is -3.98. The van der Waals surface area contributed by atoms with Gasteiger partial charge in [0, 0.05) is 12.6 Å². The molecule has 2 heterocycles. The van der Waals surface area contributed by atoms with Crippen molar-refractivity contribution >= 4 is 26.4 Å². The molecule has 0 fully saturated rings. The quantitative estimate of drug-likeness (QED) is 0.854. The van der Waals surface area contributed by atoms with Crippen molar-refractivity contribution in [1.82, 2.24) is 9.78 Å². The van der Waals surface area contributed by atoms with Crippen LogP contribution in [0, 0.1) is 19.3 Å². The SMILES string of the molecule is C#CCN1c2cnn(C)c2C(O)=C(c2ccccc2C)S1(=O)=O. The number of aryl methyl sites for hydroxylation is 2. The van der Waals surface area contributed by atoms with E-state index in [0.717, 1.165) is 9.87 Å². The molecule has 7 heteroatoms. The third-order valence-electron chi connectivity index (χ3n) is 3.80. The summed E-state index contributed by atoms with van der Waals surface area (Å²) < 4.78 is 28.6. The van der Waals surface area contributed by atoms with Gasteiger partial charge in [0.05, 0.1) is 12.7 Å². The highest BCUT2D eigenvalue weighted by molar-refractivity contribution is 8.02. The Bertz CT molecular complexity index is 965. The topological polar surface area (TPSA) is 75.4 Å². The fourth-order valence-electron chi connectivity index (χ4n) is 2.70. The standard InChI is InChI=1S/C16H15N3O3S/c1-4-9-19-13-10-17-18(3)14(13)15(20)16(23(19,21)22)12-8-6-5-7-11(12)2/h1,5-8,10,20H,9H2,2-3H3. The van der Waals surface area contributed by atoms with Crippen molar-refractivity contribution in [2.45, 2.75) is 6.92 Å². The molecule has 1 aliphatic heterocycles. The predicted octanol–water partition coefficient (Wildman–Crippen LogP) is 1.90. The van der Waals surface area contributed by atoms with Gasteiger partial charge >= 0.3 is 0 Å². The van der Waals surface area contributed by atoms with E-state index in [9.17, 15) is 13.5 Å². The number of hydrogen-bond donors (Lipinski definition) is 1. The number of aromatic nitrogens is 2. The molecule has 1 N–H and O–H groups in total. The average Bonchev–Trinajstić information content (AvgIpc) is 2.87. The number of nitrogens with zero attached hydrogens (tertiary/aromatic N) is 3. The number of hydrogen-bond acceptors (Lipinski definition) is 4. The molecule has 0 aliphatic carbocycles. The summed E-state index contributed by atoms with van der Waals surface area (Å²) in [5.41, 5.74) is 1.79. The first-order valence-corrected chi connectivity index (χ1v) is 8.31. The van der Waals surface area contributed by atoms with Crippen molar-refractivity contribution in [3.8, 4) is 12.3 Å². The zero-order chi connectivity index (χ0) is 16.8. The van der Waals surface area contributed by atoms with Crippen LogP contribution in [0.15, 0.2) is 30.5 Å². The van der Waals surface area contributed by atoms with Crippen LogP contribution in [0.2, 0.25) is 0 Å². The van der Waals surface area contributed by atoms with Gasteiger partial charge in [0.15, 0.2) is 5.76 Å². The molecule has 0 radical (unpaired) electrons. The average molecular weight is 329 g/mol. The molecule has 1 aliphatic rings. The van der Waals surface area contributed by atoms with Crippen molar-refractivity contribution < 1.29 is 13.5 Å². The number of sulfonamides is 1. The molecule has 0 saturated carbocycles. The number of terminal acetylenes is 1. The van der Waals surface area contributed by atoms with Gasteiger partial charge in [0.1, 0.15) is 16.3 Å². The number of aliphatic hydroxyl groups is 1.